The van der Waals surface area contributed by atoms with Gasteiger partial charge in [0.1, 0.15) is 0 Å². The summed E-state index contributed by atoms with van der Waals surface area (Å²) in [6, 6.07) is 0.564. The fourth-order valence-corrected chi connectivity index (χ4v) is 1.52. The van der Waals surface area contributed by atoms with Crippen LogP contribution in [0.1, 0.15) is 19.3 Å². The quantitative estimate of drug-likeness (QED) is 0.494. The second kappa shape index (κ2) is 4.14. The molecule has 1 rings (SSSR count). The van der Waals surface area contributed by atoms with Crippen LogP contribution in [-0.2, 0) is 0 Å². The Balaban J connectivity index is 1.86. The van der Waals surface area contributed by atoms with Gasteiger partial charge in [0, 0.05) is 11.4 Å². The third-order valence-corrected chi connectivity index (χ3v) is 2.18. The number of halogens is 2. The molecule has 0 spiro atoms. The van der Waals surface area contributed by atoms with Crippen molar-refractivity contribution in [3.05, 3.63) is 0 Å². The lowest BCUT2D eigenvalue weighted by Crippen LogP contribution is -2.42. The van der Waals surface area contributed by atoms with Crippen molar-refractivity contribution in [3.63, 3.8) is 0 Å². The molecule has 1 N–H and O–H groups in total. The van der Waals surface area contributed by atoms with Crippen molar-refractivity contribution in [3.8, 4) is 0 Å². The van der Waals surface area contributed by atoms with E-state index < -0.39 is 0 Å². The number of alkyl halides is 2. The molecule has 1 fully saturated rings. The van der Waals surface area contributed by atoms with Gasteiger partial charge in [0.15, 0.2) is 0 Å². The van der Waals surface area contributed by atoms with Gasteiger partial charge in [-0.2, -0.15) is 0 Å². The second-order valence-corrected chi connectivity index (χ2v) is 3.38. The lowest BCUT2D eigenvalue weighted by molar-refractivity contribution is 0.336. The Kier molecular flexibility index (Phi) is 3.43. The third kappa shape index (κ3) is 2.43. The maximum Gasteiger partial charge on any atom is 0.0906 e. The van der Waals surface area contributed by atoms with Gasteiger partial charge in [-0.15, -0.1) is 11.6 Å². The molecule has 0 heterocycles. The van der Waals surface area contributed by atoms with Gasteiger partial charge in [-0.25, -0.2) is 0 Å². The number of rotatable bonds is 4. The van der Waals surface area contributed by atoms with Gasteiger partial charge in [-0.1, -0.05) is 0 Å². The van der Waals surface area contributed by atoms with E-state index in [0.29, 0.717) is 17.8 Å². The van der Waals surface area contributed by atoms with Crippen LogP contribution in [0.3, 0.4) is 0 Å². The first-order valence-corrected chi connectivity index (χ1v) is 4.20. The van der Waals surface area contributed by atoms with Gasteiger partial charge in [0.25, 0.3) is 0 Å². The van der Waals surface area contributed by atoms with Gasteiger partial charge in [-0.3, -0.25) is 4.39 Å². The van der Waals surface area contributed by atoms with Crippen LogP contribution in [0.2, 0.25) is 0 Å². The number of hydrogen-bond acceptors (Lipinski definition) is 1. The second-order valence-electron chi connectivity index (χ2n) is 2.76. The molecule has 0 aromatic heterocycles. The molecule has 0 unspecified atom stereocenters. The smallest absolute Gasteiger partial charge is 0.0906 e. The predicted molar refractivity (Wildman–Crippen MR) is 41.3 cm³/mol. The van der Waals surface area contributed by atoms with Crippen molar-refractivity contribution in [2.75, 3.05) is 13.2 Å². The largest absolute Gasteiger partial charge is 0.314 e. The average Bonchev–Trinajstić information content (AvgIpc) is 1.85. The van der Waals surface area contributed by atoms with Crippen molar-refractivity contribution < 1.29 is 4.39 Å². The van der Waals surface area contributed by atoms with Crippen molar-refractivity contribution >= 4 is 11.6 Å². The van der Waals surface area contributed by atoms with Gasteiger partial charge in [0.05, 0.1) is 6.67 Å². The normalized spacial score (nSPS) is 31.8. The van der Waals surface area contributed by atoms with Crippen LogP contribution in [-0.4, -0.2) is 24.6 Å². The molecular formula is C7H13ClFN. The molecule has 0 amide bonds. The zero-order valence-electron chi connectivity index (χ0n) is 5.95. The van der Waals surface area contributed by atoms with Crippen molar-refractivity contribution in [1.29, 1.82) is 0 Å². The monoisotopic (exact) mass is 165 g/mol. The van der Waals surface area contributed by atoms with Gasteiger partial charge in [-0.05, 0) is 25.8 Å². The summed E-state index contributed by atoms with van der Waals surface area (Å²) in [7, 11) is 0. The molecule has 0 atom stereocenters. The maximum atomic E-state index is 11.6. The highest BCUT2D eigenvalue weighted by Gasteiger charge is 2.25. The van der Waals surface area contributed by atoms with Gasteiger partial charge < -0.3 is 5.32 Å². The van der Waals surface area contributed by atoms with E-state index >= 15 is 0 Å². The molecule has 0 radical (unpaired) electrons. The van der Waals surface area contributed by atoms with Crippen molar-refractivity contribution in [1.82, 2.24) is 5.32 Å². The number of nitrogens with one attached hydrogen (secondary N) is 1. The Morgan fingerprint density at radius 1 is 1.50 bits per heavy atom. The van der Waals surface area contributed by atoms with Crippen LogP contribution in [0.15, 0.2) is 0 Å². The SMILES string of the molecule is FCCCNC1CC(Cl)C1. The fraction of sp³-hybridized carbons (Fsp3) is 1.00. The van der Waals surface area contributed by atoms with E-state index in [9.17, 15) is 4.39 Å². The summed E-state index contributed by atoms with van der Waals surface area (Å²) in [5.74, 6) is 0. The molecule has 0 aromatic carbocycles. The highest BCUT2D eigenvalue weighted by Crippen LogP contribution is 2.24. The highest BCUT2D eigenvalue weighted by molar-refractivity contribution is 6.21. The minimum Gasteiger partial charge on any atom is -0.314 e. The summed E-state index contributed by atoms with van der Waals surface area (Å²) < 4.78 is 11.6. The lowest BCUT2D eigenvalue weighted by Gasteiger charge is -2.31. The minimum absolute atomic E-state index is 0.218. The van der Waals surface area contributed by atoms with E-state index in [2.05, 4.69) is 5.32 Å². The molecule has 0 bridgehead atoms. The van der Waals surface area contributed by atoms with E-state index in [1.807, 2.05) is 0 Å². The summed E-state index contributed by atoms with van der Waals surface area (Å²) in [4.78, 5) is 0. The molecule has 1 nitrogen and oxygen atoms in total. The van der Waals surface area contributed by atoms with Crippen LogP contribution in [0.25, 0.3) is 0 Å². The first-order chi connectivity index (χ1) is 4.83. The molecule has 0 aliphatic heterocycles. The maximum absolute atomic E-state index is 11.6. The fourth-order valence-electron chi connectivity index (χ4n) is 1.09. The van der Waals surface area contributed by atoms with E-state index in [1.165, 1.54) is 0 Å². The highest BCUT2D eigenvalue weighted by atomic mass is 35.5. The van der Waals surface area contributed by atoms with E-state index in [-0.39, 0.29) is 6.67 Å². The predicted octanol–water partition coefficient (Wildman–Crippen LogP) is 1.71. The Labute approximate surface area is 65.9 Å². The van der Waals surface area contributed by atoms with Crippen LogP contribution in [0.4, 0.5) is 4.39 Å². The molecule has 10 heavy (non-hydrogen) atoms. The molecule has 3 heteroatoms. The van der Waals surface area contributed by atoms with Gasteiger partial charge >= 0.3 is 0 Å². The molecule has 60 valence electrons. The zero-order chi connectivity index (χ0) is 7.40. The third-order valence-electron chi connectivity index (χ3n) is 1.82. The average molecular weight is 166 g/mol. The lowest BCUT2D eigenvalue weighted by atomic mass is 9.92. The Morgan fingerprint density at radius 2 is 2.20 bits per heavy atom. The standard InChI is InChI=1S/C7H13ClFN/c8-6-4-7(5-6)10-3-1-2-9/h6-7,10H,1-5H2. The molecule has 0 saturated heterocycles. The Hall–Kier alpha value is 0.180. The molecule has 1 saturated carbocycles. The summed E-state index contributed by atoms with van der Waals surface area (Å²) >= 11 is 5.74. The van der Waals surface area contributed by atoms with Gasteiger partial charge in [0.2, 0.25) is 0 Å². The Morgan fingerprint density at radius 3 is 2.70 bits per heavy atom. The molecular weight excluding hydrogens is 153 g/mol. The number of hydrogen-bond donors (Lipinski definition) is 1. The van der Waals surface area contributed by atoms with Crippen LogP contribution < -0.4 is 5.32 Å². The van der Waals surface area contributed by atoms with Crippen LogP contribution >= 0.6 is 11.6 Å². The molecule has 1 aliphatic carbocycles. The molecule has 0 aromatic rings. The molecule has 1 aliphatic rings. The van der Waals surface area contributed by atoms with Crippen LogP contribution in [0.5, 0.6) is 0 Å². The van der Waals surface area contributed by atoms with E-state index in [0.717, 1.165) is 19.4 Å². The van der Waals surface area contributed by atoms with E-state index in [4.69, 9.17) is 11.6 Å². The summed E-state index contributed by atoms with van der Waals surface area (Å²) in [5, 5.41) is 3.59. The summed E-state index contributed by atoms with van der Waals surface area (Å²) in [6.45, 7) is 0.578. The van der Waals surface area contributed by atoms with E-state index in [1.54, 1.807) is 0 Å². The van der Waals surface area contributed by atoms with Crippen molar-refractivity contribution in [2.24, 2.45) is 0 Å². The minimum atomic E-state index is -0.218. The summed E-state index contributed by atoms with van der Waals surface area (Å²) in [6.07, 6.45) is 2.73. The summed E-state index contributed by atoms with van der Waals surface area (Å²) in [5.41, 5.74) is 0. The first kappa shape index (κ1) is 8.28. The van der Waals surface area contributed by atoms with Crippen molar-refractivity contribution in [2.45, 2.75) is 30.7 Å². The van der Waals surface area contributed by atoms with Crippen LogP contribution in [0, 0.1) is 0 Å². The topological polar surface area (TPSA) is 12.0 Å². The first-order valence-electron chi connectivity index (χ1n) is 3.76. The Bertz CT molecular complexity index is 93.6. The zero-order valence-corrected chi connectivity index (χ0v) is 6.70.